The van der Waals surface area contributed by atoms with Gasteiger partial charge >= 0.3 is 5.97 Å². The standard InChI is InChI=1S/C13H18N4O4/c1-3-21-13(18)11-8-14-4-5-16(11)12-9(2)6-10(7-15-12)17(19)20/h6-7,11,14H,3-5,8H2,1-2H3. The maximum Gasteiger partial charge on any atom is 0.330 e. The van der Waals surface area contributed by atoms with Gasteiger partial charge in [0.2, 0.25) is 0 Å². The van der Waals surface area contributed by atoms with E-state index in [2.05, 4.69) is 10.3 Å². The van der Waals surface area contributed by atoms with Gasteiger partial charge in [-0.05, 0) is 19.4 Å². The highest BCUT2D eigenvalue weighted by molar-refractivity contribution is 5.80. The SMILES string of the molecule is CCOC(=O)C1CNCCN1c1ncc([N+](=O)[O-])cc1C. The second kappa shape index (κ2) is 6.49. The highest BCUT2D eigenvalue weighted by Crippen LogP contribution is 2.24. The van der Waals surface area contributed by atoms with Crippen molar-refractivity contribution in [3.8, 4) is 0 Å². The third-order valence-corrected chi connectivity index (χ3v) is 3.32. The molecule has 0 bridgehead atoms. The summed E-state index contributed by atoms with van der Waals surface area (Å²) < 4.78 is 5.08. The van der Waals surface area contributed by atoms with Gasteiger partial charge in [0.25, 0.3) is 5.69 Å². The highest BCUT2D eigenvalue weighted by atomic mass is 16.6. The molecule has 21 heavy (non-hydrogen) atoms. The number of hydrogen-bond acceptors (Lipinski definition) is 7. The number of hydrogen-bond donors (Lipinski definition) is 1. The fraction of sp³-hybridized carbons (Fsp3) is 0.538. The normalized spacial score (nSPS) is 18.4. The lowest BCUT2D eigenvalue weighted by atomic mass is 10.1. The summed E-state index contributed by atoms with van der Waals surface area (Å²) >= 11 is 0. The number of nitro groups is 1. The van der Waals surface area contributed by atoms with Crippen molar-refractivity contribution in [1.82, 2.24) is 10.3 Å². The summed E-state index contributed by atoms with van der Waals surface area (Å²) in [6, 6.07) is 0.999. The quantitative estimate of drug-likeness (QED) is 0.494. The van der Waals surface area contributed by atoms with Crippen molar-refractivity contribution in [2.75, 3.05) is 31.1 Å². The van der Waals surface area contributed by atoms with Gasteiger partial charge in [-0.15, -0.1) is 0 Å². The van der Waals surface area contributed by atoms with Crippen LogP contribution in [0.25, 0.3) is 0 Å². The number of piperazine rings is 1. The number of aromatic nitrogens is 1. The lowest BCUT2D eigenvalue weighted by Gasteiger charge is -2.36. The maximum atomic E-state index is 12.0. The van der Waals surface area contributed by atoms with E-state index in [1.54, 1.807) is 13.8 Å². The number of anilines is 1. The Morgan fingerprint density at radius 1 is 1.67 bits per heavy atom. The van der Waals surface area contributed by atoms with E-state index in [0.29, 0.717) is 37.6 Å². The minimum atomic E-state index is -0.482. The monoisotopic (exact) mass is 294 g/mol. The lowest BCUT2D eigenvalue weighted by molar-refractivity contribution is -0.385. The van der Waals surface area contributed by atoms with Crippen LogP contribution in [0.2, 0.25) is 0 Å². The predicted molar refractivity (Wildman–Crippen MR) is 76.3 cm³/mol. The van der Waals surface area contributed by atoms with Gasteiger partial charge in [0, 0.05) is 25.7 Å². The molecule has 0 amide bonds. The predicted octanol–water partition coefficient (Wildman–Crippen LogP) is 0.640. The van der Waals surface area contributed by atoms with Crippen molar-refractivity contribution in [1.29, 1.82) is 0 Å². The molecule has 114 valence electrons. The number of rotatable bonds is 4. The van der Waals surface area contributed by atoms with Crippen molar-refractivity contribution in [2.45, 2.75) is 19.9 Å². The zero-order valence-electron chi connectivity index (χ0n) is 12.0. The van der Waals surface area contributed by atoms with E-state index in [4.69, 9.17) is 4.74 Å². The summed E-state index contributed by atoms with van der Waals surface area (Å²) in [6.07, 6.45) is 1.21. The van der Waals surface area contributed by atoms with Gasteiger partial charge in [0.15, 0.2) is 0 Å². The maximum absolute atomic E-state index is 12.0. The van der Waals surface area contributed by atoms with Crippen molar-refractivity contribution >= 4 is 17.5 Å². The van der Waals surface area contributed by atoms with Gasteiger partial charge in [0.1, 0.15) is 18.1 Å². The molecule has 1 saturated heterocycles. The zero-order valence-corrected chi connectivity index (χ0v) is 12.0. The molecule has 2 heterocycles. The molecule has 0 aliphatic carbocycles. The van der Waals surface area contributed by atoms with Gasteiger partial charge in [-0.2, -0.15) is 0 Å². The fourth-order valence-electron chi connectivity index (χ4n) is 2.36. The summed E-state index contributed by atoms with van der Waals surface area (Å²) in [5, 5.41) is 13.9. The van der Waals surface area contributed by atoms with Gasteiger partial charge in [-0.25, -0.2) is 9.78 Å². The Morgan fingerprint density at radius 2 is 2.43 bits per heavy atom. The topological polar surface area (TPSA) is 97.6 Å². The average Bonchev–Trinajstić information content (AvgIpc) is 2.47. The second-order valence-electron chi connectivity index (χ2n) is 4.76. The Kier molecular flexibility index (Phi) is 4.69. The molecule has 0 radical (unpaired) electrons. The molecule has 1 aliphatic rings. The van der Waals surface area contributed by atoms with E-state index in [-0.39, 0.29) is 11.7 Å². The van der Waals surface area contributed by atoms with E-state index >= 15 is 0 Å². The van der Waals surface area contributed by atoms with Crippen molar-refractivity contribution in [3.05, 3.63) is 27.9 Å². The summed E-state index contributed by atoms with van der Waals surface area (Å²) in [6.45, 7) is 5.60. The summed E-state index contributed by atoms with van der Waals surface area (Å²) in [5.41, 5.74) is 0.611. The molecule has 8 heteroatoms. The lowest BCUT2D eigenvalue weighted by Crippen LogP contribution is -2.56. The van der Waals surface area contributed by atoms with Crippen LogP contribution in [0.3, 0.4) is 0 Å². The fourth-order valence-corrected chi connectivity index (χ4v) is 2.36. The van der Waals surface area contributed by atoms with Crippen LogP contribution >= 0.6 is 0 Å². The van der Waals surface area contributed by atoms with Crippen molar-refractivity contribution in [3.63, 3.8) is 0 Å². The molecule has 1 unspecified atom stereocenters. The van der Waals surface area contributed by atoms with E-state index in [0.717, 1.165) is 0 Å². The molecule has 1 aromatic heterocycles. The van der Waals surface area contributed by atoms with Crippen LogP contribution in [-0.2, 0) is 9.53 Å². The second-order valence-corrected chi connectivity index (χ2v) is 4.76. The molecular formula is C13H18N4O4. The number of aryl methyl sites for hydroxylation is 1. The van der Waals surface area contributed by atoms with Gasteiger partial charge in [0.05, 0.1) is 11.5 Å². The third-order valence-electron chi connectivity index (χ3n) is 3.32. The van der Waals surface area contributed by atoms with Crippen LogP contribution < -0.4 is 10.2 Å². The minimum absolute atomic E-state index is 0.0564. The molecule has 8 nitrogen and oxygen atoms in total. The summed E-state index contributed by atoms with van der Waals surface area (Å²) in [7, 11) is 0. The molecule has 1 aliphatic heterocycles. The van der Waals surface area contributed by atoms with Crippen molar-refractivity contribution < 1.29 is 14.5 Å². The van der Waals surface area contributed by atoms with Gasteiger partial charge < -0.3 is 15.0 Å². The Labute approximate surface area is 122 Å². The number of nitrogens with zero attached hydrogens (tertiary/aromatic N) is 3. The largest absolute Gasteiger partial charge is 0.464 e. The molecule has 1 fully saturated rings. The first-order valence-corrected chi connectivity index (χ1v) is 6.79. The van der Waals surface area contributed by atoms with Crippen LogP contribution in [0.5, 0.6) is 0 Å². The Balaban J connectivity index is 2.29. The first-order chi connectivity index (χ1) is 10.0. The zero-order chi connectivity index (χ0) is 15.4. The number of carbonyl (C=O) groups is 1. The number of nitrogens with one attached hydrogen (secondary N) is 1. The smallest absolute Gasteiger partial charge is 0.330 e. The van der Waals surface area contributed by atoms with E-state index in [1.165, 1.54) is 12.3 Å². The van der Waals surface area contributed by atoms with Crippen LogP contribution in [-0.4, -0.2) is 48.2 Å². The summed E-state index contributed by atoms with van der Waals surface area (Å²) in [5.74, 6) is 0.268. The first kappa shape index (κ1) is 15.2. The Bertz CT molecular complexity index is 549. The number of esters is 1. The first-order valence-electron chi connectivity index (χ1n) is 6.79. The van der Waals surface area contributed by atoms with Gasteiger partial charge in [-0.1, -0.05) is 0 Å². The van der Waals surface area contributed by atoms with Crippen LogP contribution in [0.1, 0.15) is 12.5 Å². The van der Waals surface area contributed by atoms with Crippen LogP contribution in [0.4, 0.5) is 11.5 Å². The van der Waals surface area contributed by atoms with E-state index < -0.39 is 11.0 Å². The van der Waals surface area contributed by atoms with Crippen LogP contribution in [0.15, 0.2) is 12.3 Å². The van der Waals surface area contributed by atoms with E-state index in [1.807, 2.05) is 4.90 Å². The third kappa shape index (κ3) is 3.27. The number of ether oxygens (including phenoxy) is 1. The molecule has 0 saturated carbocycles. The van der Waals surface area contributed by atoms with E-state index in [9.17, 15) is 14.9 Å². The molecular weight excluding hydrogens is 276 g/mol. The molecule has 0 spiro atoms. The Morgan fingerprint density at radius 3 is 3.05 bits per heavy atom. The van der Waals surface area contributed by atoms with Crippen molar-refractivity contribution in [2.24, 2.45) is 0 Å². The number of pyridine rings is 1. The Hall–Kier alpha value is -2.22. The minimum Gasteiger partial charge on any atom is -0.464 e. The molecule has 0 aromatic carbocycles. The van der Waals surface area contributed by atoms with Gasteiger partial charge in [-0.3, -0.25) is 10.1 Å². The molecule has 1 atom stereocenters. The highest BCUT2D eigenvalue weighted by Gasteiger charge is 2.31. The molecule has 1 N–H and O–H groups in total. The molecule has 2 rings (SSSR count). The average molecular weight is 294 g/mol. The molecule has 1 aromatic rings. The van der Waals surface area contributed by atoms with Crippen LogP contribution in [0, 0.1) is 17.0 Å². The number of carbonyl (C=O) groups excluding carboxylic acids is 1. The summed E-state index contributed by atoms with van der Waals surface area (Å²) in [4.78, 5) is 28.3.